The van der Waals surface area contributed by atoms with Gasteiger partial charge in [-0.2, -0.15) is 0 Å². The third-order valence-electron chi connectivity index (χ3n) is 3.06. The van der Waals surface area contributed by atoms with Crippen LogP contribution >= 0.6 is 15.9 Å². The van der Waals surface area contributed by atoms with Crippen molar-refractivity contribution in [3.8, 4) is 0 Å². The van der Waals surface area contributed by atoms with E-state index in [1.165, 1.54) is 16.7 Å². The van der Waals surface area contributed by atoms with E-state index in [1.807, 2.05) is 0 Å². The maximum atomic E-state index is 3.62. The average Bonchev–Trinajstić information content (AvgIpc) is 2.39. The molecule has 17 heavy (non-hydrogen) atoms. The highest BCUT2D eigenvalue weighted by Gasteiger charge is 2.10. The Morgan fingerprint density at radius 2 is 1.59 bits per heavy atom. The lowest BCUT2D eigenvalue weighted by atomic mass is 9.93. The average molecular weight is 289 g/mol. The number of aryl methyl sites for hydroxylation is 1. The maximum Gasteiger partial charge on any atom is 0.0103 e. The smallest absolute Gasteiger partial charge is 0.0103 e. The first-order valence-electron chi connectivity index (χ1n) is 5.96. The molecule has 0 aliphatic heterocycles. The van der Waals surface area contributed by atoms with E-state index in [4.69, 9.17) is 0 Å². The van der Waals surface area contributed by atoms with Gasteiger partial charge in [0.1, 0.15) is 0 Å². The van der Waals surface area contributed by atoms with Gasteiger partial charge < -0.3 is 0 Å². The molecular weight excluding hydrogens is 272 g/mol. The predicted octanol–water partition coefficient (Wildman–Crippen LogP) is 4.72. The van der Waals surface area contributed by atoms with E-state index < -0.39 is 0 Å². The summed E-state index contributed by atoms with van der Waals surface area (Å²) < 4.78 is 0. The van der Waals surface area contributed by atoms with Crippen molar-refractivity contribution in [2.45, 2.75) is 19.3 Å². The fraction of sp³-hybridized carbons (Fsp3) is 0.250. The highest BCUT2D eigenvalue weighted by Crippen LogP contribution is 2.23. The van der Waals surface area contributed by atoms with Gasteiger partial charge in [-0.15, -0.1) is 0 Å². The van der Waals surface area contributed by atoms with Crippen molar-refractivity contribution < 1.29 is 0 Å². The summed E-state index contributed by atoms with van der Waals surface area (Å²) >= 11 is 3.62. The van der Waals surface area contributed by atoms with Crippen LogP contribution < -0.4 is 0 Å². The van der Waals surface area contributed by atoms with Gasteiger partial charge in [-0.3, -0.25) is 0 Å². The summed E-state index contributed by atoms with van der Waals surface area (Å²) in [6.45, 7) is 2.13. The van der Waals surface area contributed by atoms with Crippen LogP contribution in [0.3, 0.4) is 0 Å². The molecule has 0 aliphatic rings. The number of alkyl halides is 1. The number of halogens is 1. The number of benzene rings is 2. The first kappa shape index (κ1) is 12.4. The summed E-state index contributed by atoms with van der Waals surface area (Å²) in [5.74, 6) is 0.555. The molecule has 1 atom stereocenters. The lowest BCUT2D eigenvalue weighted by Gasteiger charge is -2.14. The third kappa shape index (κ3) is 3.44. The largest absolute Gasteiger partial charge is 0.0921 e. The van der Waals surface area contributed by atoms with Gasteiger partial charge in [0.2, 0.25) is 0 Å². The molecule has 1 unspecified atom stereocenters. The van der Waals surface area contributed by atoms with Crippen molar-refractivity contribution in [3.05, 3.63) is 71.3 Å². The molecule has 0 fully saturated rings. The second-order valence-corrected chi connectivity index (χ2v) is 5.10. The normalized spacial score (nSPS) is 12.4. The minimum absolute atomic E-state index is 0.555. The quantitative estimate of drug-likeness (QED) is 0.715. The van der Waals surface area contributed by atoms with Crippen LogP contribution in [0.1, 0.15) is 22.6 Å². The van der Waals surface area contributed by atoms with E-state index >= 15 is 0 Å². The lowest BCUT2D eigenvalue weighted by molar-refractivity contribution is 0.775. The van der Waals surface area contributed by atoms with Gasteiger partial charge in [0.25, 0.3) is 0 Å². The van der Waals surface area contributed by atoms with Crippen LogP contribution in [-0.2, 0) is 6.42 Å². The Bertz CT molecular complexity index is 445. The van der Waals surface area contributed by atoms with Gasteiger partial charge in [0.05, 0.1) is 0 Å². The summed E-state index contributed by atoms with van der Waals surface area (Å²) in [6.07, 6.45) is 1.09. The van der Waals surface area contributed by atoms with Gasteiger partial charge in [-0.25, -0.2) is 0 Å². The van der Waals surface area contributed by atoms with Crippen LogP contribution in [0.5, 0.6) is 0 Å². The zero-order chi connectivity index (χ0) is 12.1. The number of hydrogen-bond acceptors (Lipinski definition) is 0. The highest BCUT2D eigenvalue weighted by atomic mass is 79.9. The molecule has 1 heteroatoms. The van der Waals surface area contributed by atoms with Crippen molar-refractivity contribution >= 4 is 15.9 Å². The van der Waals surface area contributed by atoms with Crippen LogP contribution in [0.4, 0.5) is 0 Å². The molecule has 88 valence electrons. The number of hydrogen-bond donors (Lipinski definition) is 0. The third-order valence-corrected chi connectivity index (χ3v) is 3.84. The Morgan fingerprint density at radius 1 is 0.941 bits per heavy atom. The molecule has 0 bridgehead atoms. The molecule has 2 aromatic rings. The van der Waals surface area contributed by atoms with Crippen molar-refractivity contribution in [2.24, 2.45) is 0 Å². The molecule has 0 radical (unpaired) electrons. The van der Waals surface area contributed by atoms with Gasteiger partial charge in [-0.05, 0) is 30.4 Å². The van der Waals surface area contributed by atoms with E-state index in [0.717, 1.165) is 11.8 Å². The second kappa shape index (κ2) is 6.02. The van der Waals surface area contributed by atoms with Crippen LogP contribution in [0.2, 0.25) is 0 Å². The van der Waals surface area contributed by atoms with Crippen molar-refractivity contribution in [2.75, 3.05) is 5.33 Å². The molecule has 2 aromatic carbocycles. The summed E-state index contributed by atoms with van der Waals surface area (Å²) in [5.41, 5.74) is 4.14. The standard InChI is InChI=1S/C16H17Br/c1-13-7-9-14(10-8-13)11-16(12-17)15-5-3-2-4-6-15/h2-10,16H,11-12H2,1H3. The van der Waals surface area contributed by atoms with Crippen molar-refractivity contribution in [3.63, 3.8) is 0 Å². The first-order valence-corrected chi connectivity index (χ1v) is 7.08. The highest BCUT2D eigenvalue weighted by molar-refractivity contribution is 9.09. The second-order valence-electron chi connectivity index (χ2n) is 4.45. The zero-order valence-corrected chi connectivity index (χ0v) is 11.7. The van der Waals surface area contributed by atoms with Crippen molar-refractivity contribution in [1.29, 1.82) is 0 Å². The molecule has 0 aliphatic carbocycles. The van der Waals surface area contributed by atoms with E-state index in [-0.39, 0.29) is 0 Å². The Morgan fingerprint density at radius 3 is 2.18 bits per heavy atom. The molecule has 0 nitrogen and oxygen atoms in total. The molecule has 0 saturated heterocycles. The molecule has 0 aromatic heterocycles. The molecule has 0 heterocycles. The van der Waals surface area contributed by atoms with E-state index in [2.05, 4.69) is 77.5 Å². The minimum atomic E-state index is 0.555. The van der Waals surface area contributed by atoms with Crippen molar-refractivity contribution in [1.82, 2.24) is 0 Å². The molecule has 0 amide bonds. The SMILES string of the molecule is Cc1ccc(CC(CBr)c2ccccc2)cc1. The predicted molar refractivity (Wildman–Crippen MR) is 77.9 cm³/mol. The summed E-state index contributed by atoms with van der Waals surface area (Å²) in [4.78, 5) is 0. The minimum Gasteiger partial charge on any atom is -0.0921 e. The van der Waals surface area contributed by atoms with Crippen LogP contribution in [0.25, 0.3) is 0 Å². The van der Waals surface area contributed by atoms with Crippen LogP contribution in [0.15, 0.2) is 54.6 Å². The summed E-state index contributed by atoms with van der Waals surface area (Å²) in [5, 5.41) is 1.00. The Kier molecular flexibility index (Phi) is 4.38. The Balaban J connectivity index is 2.13. The number of rotatable bonds is 4. The van der Waals surface area contributed by atoms with E-state index in [0.29, 0.717) is 5.92 Å². The molecule has 2 rings (SSSR count). The lowest BCUT2D eigenvalue weighted by Crippen LogP contribution is -2.04. The Hall–Kier alpha value is -1.08. The fourth-order valence-corrected chi connectivity index (χ4v) is 2.60. The van der Waals surface area contributed by atoms with Gasteiger partial charge in [0, 0.05) is 5.33 Å². The van der Waals surface area contributed by atoms with Crippen LogP contribution in [0, 0.1) is 6.92 Å². The first-order chi connectivity index (χ1) is 8.29. The van der Waals surface area contributed by atoms with E-state index in [9.17, 15) is 0 Å². The zero-order valence-electron chi connectivity index (χ0n) is 10.1. The van der Waals surface area contributed by atoms with Gasteiger partial charge in [-0.1, -0.05) is 76.1 Å². The monoisotopic (exact) mass is 288 g/mol. The van der Waals surface area contributed by atoms with Gasteiger partial charge >= 0.3 is 0 Å². The molecular formula is C16H17Br. The maximum absolute atomic E-state index is 3.62. The summed E-state index contributed by atoms with van der Waals surface area (Å²) in [6, 6.07) is 19.5. The van der Waals surface area contributed by atoms with Gasteiger partial charge in [0.15, 0.2) is 0 Å². The van der Waals surface area contributed by atoms with E-state index in [1.54, 1.807) is 0 Å². The summed E-state index contributed by atoms with van der Waals surface area (Å²) in [7, 11) is 0. The molecule has 0 N–H and O–H groups in total. The molecule has 0 saturated carbocycles. The Labute approximate surface area is 112 Å². The fourth-order valence-electron chi connectivity index (χ4n) is 2.00. The molecule has 0 spiro atoms. The van der Waals surface area contributed by atoms with Crippen LogP contribution in [-0.4, -0.2) is 5.33 Å². The topological polar surface area (TPSA) is 0 Å².